The van der Waals surface area contributed by atoms with E-state index in [0.717, 1.165) is 16.8 Å². The third kappa shape index (κ3) is 2.05. The highest BCUT2D eigenvalue weighted by Crippen LogP contribution is 2.31. The largest absolute Gasteiger partial charge is 0.456 e. The molecule has 0 fully saturated rings. The van der Waals surface area contributed by atoms with Crippen molar-refractivity contribution in [3.63, 3.8) is 0 Å². The molecule has 0 saturated heterocycles. The fourth-order valence-electron chi connectivity index (χ4n) is 2.38. The van der Waals surface area contributed by atoms with Crippen LogP contribution in [0.15, 0.2) is 34.7 Å². The molecule has 2 aromatic rings. The third-order valence-electron chi connectivity index (χ3n) is 3.28. The number of hydrogen-bond acceptors (Lipinski definition) is 3. The average molecular weight is 255 g/mol. The number of fused-ring (bicyclic) bond motifs is 1. The Morgan fingerprint density at radius 3 is 2.89 bits per heavy atom. The highest BCUT2D eigenvalue weighted by atomic mass is 16.3. The van der Waals surface area contributed by atoms with Crippen molar-refractivity contribution in [3.05, 3.63) is 53.0 Å². The molecule has 1 aliphatic heterocycles. The number of carbonyl (C=O) groups excluding carboxylic acids is 2. The Morgan fingerprint density at radius 1 is 1.32 bits per heavy atom. The van der Waals surface area contributed by atoms with Crippen molar-refractivity contribution in [2.75, 3.05) is 4.90 Å². The van der Waals surface area contributed by atoms with E-state index in [4.69, 9.17) is 4.42 Å². The lowest BCUT2D eigenvalue weighted by Crippen LogP contribution is -2.25. The van der Waals surface area contributed by atoms with Crippen LogP contribution in [0.5, 0.6) is 0 Å². The van der Waals surface area contributed by atoms with Gasteiger partial charge >= 0.3 is 0 Å². The zero-order valence-corrected chi connectivity index (χ0v) is 10.6. The van der Waals surface area contributed by atoms with E-state index < -0.39 is 0 Å². The van der Waals surface area contributed by atoms with Gasteiger partial charge < -0.3 is 9.32 Å². The molecule has 1 amide bonds. The summed E-state index contributed by atoms with van der Waals surface area (Å²) in [6.07, 6.45) is 1.09. The Labute approximate surface area is 110 Å². The molecule has 3 rings (SSSR count). The van der Waals surface area contributed by atoms with Gasteiger partial charge in [0.15, 0.2) is 12.0 Å². The highest BCUT2D eigenvalue weighted by Gasteiger charge is 2.27. The van der Waals surface area contributed by atoms with Gasteiger partial charge in [0.1, 0.15) is 5.76 Å². The smallest absolute Gasteiger partial charge is 0.231 e. The predicted molar refractivity (Wildman–Crippen MR) is 70.2 cm³/mol. The highest BCUT2D eigenvalue weighted by molar-refractivity contribution is 6.01. The zero-order valence-electron chi connectivity index (χ0n) is 10.6. The maximum absolute atomic E-state index is 12.0. The lowest BCUT2D eigenvalue weighted by Gasteiger charge is -2.15. The van der Waals surface area contributed by atoms with Crippen molar-refractivity contribution >= 4 is 17.9 Å². The van der Waals surface area contributed by atoms with Crippen LogP contribution in [0.25, 0.3) is 0 Å². The van der Waals surface area contributed by atoms with E-state index in [1.54, 1.807) is 17.0 Å². The molecule has 2 heterocycles. The standard InChI is InChI=1S/C15H13NO3/c1-10-2-5-14-11(6-10)7-15(18)16(14)8-12-3-4-13(9-17)19-12/h2-6,9H,7-8H2,1H3. The number of nitrogens with zero attached hydrogens (tertiary/aromatic N) is 1. The molecule has 1 aliphatic rings. The van der Waals surface area contributed by atoms with Crippen LogP contribution in [-0.4, -0.2) is 12.2 Å². The molecular formula is C15H13NO3. The topological polar surface area (TPSA) is 50.5 Å². The number of hydrogen-bond donors (Lipinski definition) is 0. The van der Waals surface area contributed by atoms with Gasteiger partial charge in [-0.05, 0) is 30.7 Å². The molecule has 96 valence electrons. The number of carbonyl (C=O) groups is 2. The Hall–Kier alpha value is -2.36. The average Bonchev–Trinajstić information content (AvgIpc) is 2.95. The summed E-state index contributed by atoms with van der Waals surface area (Å²) in [6, 6.07) is 9.32. The van der Waals surface area contributed by atoms with Gasteiger partial charge in [-0.3, -0.25) is 9.59 Å². The van der Waals surface area contributed by atoms with Crippen molar-refractivity contribution in [2.45, 2.75) is 19.9 Å². The van der Waals surface area contributed by atoms with Crippen LogP contribution in [0.3, 0.4) is 0 Å². The van der Waals surface area contributed by atoms with Crippen LogP contribution in [0.1, 0.15) is 27.4 Å². The van der Waals surface area contributed by atoms with Crippen LogP contribution in [-0.2, 0) is 17.8 Å². The van der Waals surface area contributed by atoms with Crippen LogP contribution < -0.4 is 4.90 Å². The summed E-state index contributed by atoms with van der Waals surface area (Å²) in [5.41, 5.74) is 3.13. The summed E-state index contributed by atoms with van der Waals surface area (Å²) in [5.74, 6) is 0.958. The van der Waals surface area contributed by atoms with Crippen molar-refractivity contribution in [1.82, 2.24) is 0 Å². The van der Waals surface area contributed by atoms with Crippen LogP contribution in [0, 0.1) is 6.92 Å². The quantitative estimate of drug-likeness (QED) is 0.792. The molecule has 0 radical (unpaired) electrons. The molecule has 0 saturated carbocycles. The molecule has 0 spiro atoms. The van der Waals surface area contributed by atoms with Crippen molar-refractivity contribution in [1.29, 1.82) is 0 Å². The van der Waals surface area contributed by atoms with Gasteiger partial charge in [0.05, 0.1) is 13.0 Å². The summed E-state index contributed by atoms with van der Waals surface area (Å²) in [4.78, 5) is 24.3. The Morgan fingerprint density at radius 2 is 2.16 bits per heavy atom. The molecule has 19 heavy (non-hydrogen) atoms. The number of amides is 1. The number of furan rings is 1. The van der Waals surface area contributed by atoms with E-state index >= 15 is 0 Å². The monoisotopic (exact) mass is 255 g/mol. The molecule has 1 aromatic carbocycles. The van der Waals surface area contributed by atoms with Crippen molar-refractivity contribution in [3.8, 4) is 0 Å². The van der Waals surface area contributed by atoms with Gasteiger partial charge in [-0.15, -0.1) is 0 Å². The van der Waals surface area contributed by atoms with Gasteiger partial charge in [0.2, 0.25) is 5.91 Å². The molecular weight excluding hydrogens is 242 g/mol. The lowest BCUT2D eigenvalue weighted by molar-refractivity contribution is -0.117. The molecule has 4 heteroatoms. The van der Waals surface area contributed by atoms with Gasteiger partial charge in [-0.25, -0.2) is 0 Å². The molecule has 0 atom stereocenters. The molecule has 4 nitrogen and oxygen atoms in total. The predicted octanol–water partition coefficient (Wildman–Crippen LogP) is 2.49. The number of aryl methyl sites for hydroxylation is 1. The number of anilines is 1. The van der Waals surface area contributed by atoms with E-state index in [-0.39, 0.29) is 11.7 Å². The summed E-state index contributed by atoms with van der Waals surface area (Å²) < 4.78 is 5.32. The van der Waals surface area contributed by atoms with E-state index in [9.17, 15) is 9.59 Å². The molecule has 0 bridgehead atoms. The fraction of sp³-hybridized carbons (Fsp3) is 0.200. The third-order valence-corrected chi connectivity index (χ3v) is 3.28. The van der Waals surface area contributed by atoms with Crippen LogP contribution >= 0.6 is 0 Å². The van der Waals surface area contributed by atoms with E-state index in [2.05, 4.69) is 0 Å². The fourth-order valence-corrected chi connectivity index (χ4v) is 2.38. The zero-order chi connectivity index (χ0) is 13.4. The second kappa shape index (κ2) is 4.39. The minimum absolute atomic E-state index is 0.0599. The van der Waals surface area contributed by atoms with Crippen molar-refractivity contribution < 1.29 is 14.0 Å². The second-order valence-corrected chi connectivity index (χ2v) is 4.71. The molecule has 0 aliphatic carbocycles. The summed E-state index contributed by atoms with van der Waals surface area (Å²) in [6.45, 7) is 2.37. The normalized spacial score (nSPS) is 13.7. The summed E-state index contributed by atoms with van der Waals surface area (Å²) in [5, 5.41) is 0. The van der Waals surface area contributed by atoms with E-state index in [0.29, 0.717) is 25.0 Å². The van der Waals surface area contributed by atoms with E-state index in [1.807, 2.05) is 25.1 Å². The minimum atomic E-state index is 0.0599. The second-order valence-electron chi connectivity index (χ2n) is 4.71. The van der Waals surface area contributed by atoms with Gasteiger partial charge in [-0.1, -0.05) is 17.7 Å². The summed E-state index contributed by atoms with van der Waals surface area (Å²) in [7, 11) is 0. The maximum atomic E-state index is 12.0. The van der Waals surface area contributed by atoms with Crippen LogP contribution in [0.4, 0.5) is 5.69 Å². The Balaban J connectivity index is 1.89. The maximum Gasteiger partial charge on any atom is 0.231 e. The number of rotatable bonds is 3. The SMILES string of the molecule is Cc1ccc2c(c1)CC(=O)N2Cc1ccc(C=O)o1. The number of benzene rings is 1. The Kier molecular flexibility index (Phi) is 2.71. The molecule has 0 N–H and O–H groups in total. The van der Waals surface area contributed by atoms with Crippen LogP contribution in [0.2, 0.25) is 0 Å². The van der Waals surface area contributed by atoms with Gasteiger partial charge in [0.25, 0.3) is 0 Å². The first-order valence-electron chi connectivity index (χ1n) is 6.11. The number of aldehydes is 1. The summed E-state index contributed by atoms with van der Waals surface area (Å²) >= 11 is 0. The first-order chi connectivity index (χ1) is 9.17. The Bertz CT molecular complexity index is 657. The molecule has 1 aromatic heterocycles. The van der Waals surface area contributed by atoms with E-state index in [1.165, 1.54) is 0 Å². The van der Waals surface area contributed by atoms with Crippen molar-refractivity contribution in [2.24, 2.45) is 0 Å². The van der Waals surface area contributed by atoms with Gasteiger partial charge in [-0.2, -0.15) is 0 Å². The minimum Gasteiger partial charge on any atom is -0.456 e. The van der Waals surface area contributed by atoms with Gasteiger partial charge in [0, 0.05) is 5.69 Å². The molecule has 0 unspecified atom stereocenters. The lowest BCUT2D eigenvalue weighted by atomic mass is 10.1. The first-order valence-corrected chi connectivity index (χ1v) is 6.11. The first kappa shape index (κ1) is 11.7.